The Bertz CT molecular complexity index is 448. The molecule has 0 bridgehead atoms. The molecule has 0 aromatic heterocycles. The van der Waals surface area contributed by atoms with E-state index in [-0.39, 0.29) is 5.91 Å². The van der Waals surface area contributed by atoms with E-state index in [2.05, 4.69) is 17.2 Å². The molecule has 20 heavy (non-hydrogen) atoms. The number of carbonyl (C=O) groups is 1. The second-order valence-electron chi connectivity index (χ2n) is 4.10. The highest BCUT2D eigenvalue weighted by Crippen LogP contribution is 1.94. The fraction of sp³-hybridized carbons (Fsp3) is 0.438. The van der Waals surface area contributed by atoms with Crippen LogP contribution in [0.4, 0.5) is 0 Å². The van der Waals surface area contributed by atoms with E-state index < -0.39 is 6.10 Å². The van der Waals surface area contributed by atoms with Crippen molar-refractivity contribution in [2.45, 2.75) is 20.0 Å². The predicted molar refractivity (Wildman–Crippen MR) is 78.2 cm³/mol. The lowest BCUT2D eigenvalue weighted by Gasteiger charge is -2.11. The van der Waals surface area contributed by atoms with E-state index in [1.54, 1.807) is 6.92 Å². The Hall–Kier alpha value is -1.83. The number of rotatable bonds is 7. The summed E-state index contributed by atoms with van der Waals surface area (Å²) in [6.45, 7) is 5.51. The van der Waals surface area contributed by atoms with Crippen molar-refractivity contribution in [1.29, 1.82) is 0 Å². The first-order valence-electron chi connectivity index (χ1n) is 6.75. The number of hydrogen-bond acceptors (Lipinski definition) is 3. The number of nitrogens with one attached hydrogen (secondary N) is 1. The average molecular weight is 275 g/mol. The Balaban J connectivity index is 2.21. The molecule has 0 aliphatic heterocycles. The number of ether oxygens (including phenoxy) is 2. The zero-order chi connectivity index (χ0) is 14.6. The molecule has 0 heterocycles. The van der Waals surface area contributed by atoms with E-state index in [9.17, 15) is 4.79 Å². The molecule has 0 aliphatic rings. The average Bonchev–Trinajstić information content (AvgIpc) is 2.48. The van der Waals surface area contributed by atoms with Gasteiger partial charge in [0.1, 0.15) is 6.10 Å². The van der Waals surface area contributed by atoms with Crippen LogP contribution < -0.4 is 5.32 Å². The largest absolute Gasteiger partial charge is 0.379 e. The Kier molecular flexibility index (Phi) is 8.13. The first-order chi connectivity index (χ1) is 9.74. The molecule has 0 fully saturated rings. The van der Waals surface area contributed by atoms with Crippen LogP contribution in [0.3, 0.4) is 0 Å². The van der Waals surface area contributed by atoms with Gasteiger partial charge < -0.3 is 14.8 Å². The zero-order valence-corrected chi connectivity index (χ0v) is 12.0. The van der Waals surface area contributed by atoms with Gasteiger partial charge in [-0.1, -0.05) is 30.0 Å². The van der Waals surface area contributed by atoms with Crippen LogP contribution in [0.5, 0.6) is 0 Å². The van der Waals surface area contributed by atoms with Crippen molar-refractivity contribution >= 4 is 5.91 Å². The highest BCUT2D eigenvalue weighted by Gasteiger charge is 2.11. The van der Waals surface area contributed by atoms with E-state index in [1.807, 2.05) is 37.3 Å². The van der Waals surface area contributed by atoms with Gasteiger partial charge in [-0.05, 0) is 26.0 Å². The van der Waals surface area contributed by atoms with Crippen molar-refractivity contribution in [1.82, 2.24) is 5.32 Å². The maximum atomic E-state index is 11.7. The Labute approximate surface area is 120 Å². The summed E-state index contributed by atoms with van der Waals surface area (Å²) in [7, 11) is 0. The Morgan fingerprint density at radius 1 is 1.30 bits per heavy atom. The standard InChI is InChI=1S/C16H21NO3/c1-3-19-12-13-20-14(2)16(18)17-11-7-10-15-8-5-4-6-9-15/h4-6,8-9,14H,3,11-13H2,1-2H3,(H,17,18). The van der Waals surface area contributed by atoms with Crippen LogP contribution in [0.1, 0.15) is 19.4 Å². The van der Waals surface area contributed by atoms with Gasteiger partial charge in [0.25, 0.3) is 0 Å². The Morgan fingerprint density at radius 3 is 2.75 bits per heavy atom. The van der Waals surface area contributed by atoms with Crippen molar-refractivity contribution in [2.75, 3.05) is 26.4 Å². The van der Waals surface area contributed by atoms with Crippen molar-refractivity contribution in [3.63, 3.8) is 0 Å². The van der Waals surface area contributed by atoms with Crippen molar-refractivity contribution < 1.29 is 14.3 Å². The van der Waals surface area contributed by atoms with Crippen LogP contribution in [0.25, 0.3) is 0 Å². The smallest absolute Gasteiger partial charge is 0.249 e. The third-order valence-corrected chi connectivity index (χ3v) is 2.53. The molecule has 1 N–H and O–H groups in total. The minimum Gasteiger partial charge on any atom is -0.379 e. The van der Waals surface area contributed by atoms with E-state index in [4.69, 9.17) is 9.47 Å². The van der Waals surface area contributed by atoms with Gasteiger partial charge >= 0.3 is 0 Å². The van der Waals surface area contributed by atoms with Gasteiger partial charge in [-0.15, -0.1) is 0 Å². The Morgan fingerprint density at radius 2 is 2.05 bits per heavy atom. The summed E-state index contributed by atoms with van der Waals surface area (Å²) in [6, 6.07) is 9.64. The lowest BCUT2D eigenvalue weighted by Crippen LogP contribution is -2.35. The maximum Gasteiger partial charge on any atom is 0.249 e. The summed E-state index contributed by atoms with van der Waals surface area (Å²) in [6.07, 6.45) is -0.492. The summed E-state index contributed by atoms with van der Waals surface area (Å²) in [5.41, 5.74) is 0.933. The minimum atomic E-state index is -0.492. The minimum absolute atomic E-state index is 0.163. The molecule has 1 aromatic rings. The number of benzene rings is 1. The molecule has 4 nitrogen and oxygen atoms in total. The summed E-state index contributed by atoms with van der Waals surface area (Å²) in [4.78, 5) is 11.7. The van der Waals surface area contributed by atoms with Crippen LogP contribution in [-0.4, -0.2) is 38.4 Å². The van der Waals surface area contributed by atoms with Gasteiger partial charge in [0.05, 0.1) is 19.8 Å². The van der Waals surface area contributed by atoms with Crippen molar-refractivity contribution in [3.05, 3.63) is 35.9 Å². The second-order valence-corrected chi connectivity index (χ2v) is 4.10. The normalized spacial score (nSPS) is 11.3. The molecule has 1 aromatic carbocycles. The molecule has 4 heteroatoms. The number of hydrogen-bond donors (Lipinski definition) is 1. The molecular weight excluding hydrogens is 254 g/mol. The fourth-order valence-electron chi connectivity index (χ4n) is 1.45. The SMILES string of the molecule is CCOCCOC(C)C(=O)NCC#Cc1ccccc1. The molecule has 1 rings (SSSR count). The van der Waals surface area contributed by atoms with E-state index >= 15 is 0 Å². The second kappa shape index (κ2) is 10.0. The van der Waals surface area contributed by atoms with Gasteiger partial charge in [-0.3, -0.25) is 4.79 Å². The summed E-state index contributed by atoms with van der Waals surface area (Å²) in [5.74, 6) is 5.71. The summed E-state index contributed by atoms with van der Waals surface area (Å²) in [5, 5.41) is 2.72. The van der Waals surface area contributed by atoms with Gasteiger partial charge in [-0.2, -0.15) is 0 Å². The van der Waals surface area contributed by atoms with Crippen molar-refractivity contribution in [3.8, 4) is 11.8 Å². The topological polar surface area (TPSA) is 47.6 Å². The van der Waals surface area contributed by atoms with Gasteiger partial charge in [0.15, 0.2) is 0 Å². The third-order valence-electron chi connectivity index (χ3n) is 2.53. The van der Waals surface area contributed by atoms with Crippen LogP contribution in [0.15, 0.2) is 30.3 Å². The molecule has 0 spiro atoms. The molecular formula is C16H21NO3. The predicted octanol–water partition coefficient (Wildman–Crippen LogP) is 1.60. The molecule has 0 saturated heterocycles. The molecule has 1 atom stereocenters. The monoisotopic (exact) mass is 275 g/mol. The number of carbonyl (C=O) groups excluding carboxylic acids is 1. The maximum absolute atomic E-state index is 11.7. The number of amides is 1. The molecule has 0 radical (unpaired) electrons. The molecule has 1 unspecified atom stereocenters. The summed E-state index contributed by atoms with van der Waals surface area (Å²) >= 11 is 0. The summed E-state index contributed by atoms with van der Waals surface area (Å²) < 4.78 is 10.5. The van der Waals surface area contributed by atoms with E-state index in [1.165, 1.54) is 0 Å². The molecule has 0 aliphatic carbocycles. The highest BCUT2D eigenvalue weighted by atomic mass is 16.5. The zero-order valence-electron chi connectivity index (χ0n) is 12.0. The quantitative estimate of drug-likeness (QED) is 0.607. The lowest BCUT2D eigenvalue weighted by atomic mass is 10.2. The van der Waals surface area contributed by atoms with Gasteiger partial charge in [0, 0.05) is 12.2 Å². The molecule has 0 saturated carbocycles. The first-order valence-corrected chi connectivity index (χ1v) is 6.75. The molecule has 108 valence electrons. The van der Waals surface area contributed by atoms with Gasteiger partial charge in [-0.25, -0.2) is 0 Å². The van der Waals surface area contributed by atoms with Crippen LogP contribution >= 0.6 is 0 Å². The fourth-order valence-corrected chi connectivity index (χ4v) is 1.45. The van der Waals surface area contributed by atoms with E-state index in [0.717, 1.165) is 5.56 Å². The van der Waals surface area contributed by atoms with Crippen molar-refractivity contribution in [2.24, 2.45) is 0 Å². The van der Waals surface area contributed by atoms with Crippen LogP contribution in [-0.2, 0) is 14.3 Å². The van der Waals surface area contributed by atoms with E-state index in [0.29, 0.717) is 26.4 Å². The third kappa shape index (κ3) is 6.93. The molecule has 1 amide bonds. The van der Waals surface area contributed by atoms with Crippen LogP contribution in [0, 0.1) is 11.8 Å². The highest BCUT2D eigenvalue weighted by molar-refractivity contribution is 5.80. The lowest BCUT2D eigenvalue weighted by molar-refractivity contribution is -0.132. The van der Waals surface area contributed by atoms with Crippen LogP contribution in [0.2, 0.25) is 0 Å². The first kappa shape index (κ1) is 16.2. The van der Waals surface area contributed by atoms with Gasteiger partial charge in [0.2, 0.25) is 5.91 Å².